The molecule has 0 spiro atoms. The summed E-state index contributed by atoms with van der Waals surface area (Å²) in [4.78, 5) is 11.3. The third kappa shape index (κ3) is 3.31. The normalized spacial score (nSPS) is 9.29. The molecule has 1 aromatic carbocycles. The number of hydrogen-bond donors (Lipinski definition) is 2. The van der Waals surface area contributed by atoms with Crippen LogP contribution in [0.3, 0.4) is 0 Å². The molecule has 0 atom stereocenters. The van der Waals surface area contributed by atoms with Gasteiger partial charge in [-0.2, -0.15) is 0 Å². The highest BCUT2D eigenvalue weighted by atomic mass is 16.3. The van der Waals surface area contributed by atoms with Gasteiger partial charge < -0.3 is 10.4 Å². The number of benzene rings is 1. The third-order valence-corrected chi connectivity index (χ3v) is 1.53. The molecule has 0 saturated carbocycles. The summed E-state index contributed by atoms with van der Waals surface area (Å²) in [5.74, 6) is -0.0457. The zero-order chi connectivity index (χ0) is 10.6. The lowest BCUT2D eigenvalue weighted by molar-refractivity contribution is -0.111. The standard InChI is InChI=1S/C11H13NO2/c1-8(2)6-11(14)12-9-4-3-5-10(13)7-9/h3-7,13H,1-2H3,(H,12,14). The number of phenolic OH excluding ortho intramolecular Hbond substituents is 1. The van der Waals surface area contributed by atoms with Crippen LogP contribution in [0.1, 0.15) is 13.8 Å². The summed E-state index contributed by atoms with van der Waals surface area (Å²) in [7, 11) is 0. The molecule has 0 aromatic heterocycles. The van der Waals surface area contributed by atoms with E-state index in [9.17, 15) is 4.79 Å². The maximum absolute atomic E-state index is 11.3. The van der Waals surface area contributed by atoms with E-state index in [1.807, 2.05) is 13.8 Å². The molecule has 0 saturated heterocycles. The Balaban J connectivity index is 2.70. The number of carbonyl (C=O) groups is 1. The zero-order valence-corrected chi connectivity index (χ0v) is 8.24. The molecule has 0 radical (unpaired) electrons. The molecular weight excluding hydrogens is 178 g/mol. The molecule has 1 aromatic rings. The molecular formula is C11H13NO2. The molecule has 74 valence electrons. The second-order valence-electron chi connectivity index (χ2n) is 3.26. The number of phenols is 1. The Kier molecular flexibility index (Phi) is 3.29. The topological polar surface area (TPSA) is 49.3 Å². The predicted molar refractivity (Wildman–Crippen MR) is 56.2 cm³/mol. The lowest BCUT2D eigenvalue weighted by atomic mass is 10.3. The average molecular weight is 191 g/mol. The lowest BCUT2D eigenvalue weighted by Crippen LogP contribution is -2.07. The highest BCUT2D eigenvalue weighted by molar-refractivity contribution is 5.99. The smallest absolute Gasteiger partial charge is 0.248 e. The van der Waals surface area contributed by atoms with Crippen LogP contribution in [-0.4, -0.2) is 11.0 Å². The van der Waals surface area contributed by atoms with Gasteiger partial charge in [-0.05, 0) is 26.0 Å². The molecule has 0 aliphatic heterocycles. The summed E-state index contributed by atoms with van der Waals surface area (Å²) in [6.07, 6.45) is 1.50. The van der Waals surface area contributed by atoms with Crippen molar-refractivity contribution in [3.8, 4) is 5.75 Å². The summed E-state index contributed by atoms with van der Waals surface area (Å²) >= 11 is 0. The van der Waals surface area contributed by atoms with E-state index in [0.717, 1.165) is 5.57 Å². The van der Waals surface area contributed by atoms with Gasteiger partial charge in [-0.3, -0.25) is 4.79 Å². The number of carbonyl (C=O) groups excluding carboxylic acids is 1. The van der Waals surface area contributed by atoms with E-state index >= 15 is 0 Å². The Labute approximate surface area is 83.1 Å². The minimum Gasteiger partial charge on any atom is -0.508 e. The Morgan fingerprint density at radius 2 is 2.14 bits per heavy atom. The lowest BCUT2D eigenvalue weighted by Gasteiger charge is -2.02. The van der Waals surface area contributed by atoms with Crippen molar-refractivity contribution in [1.29, 1.82) is 0 Å². The predicted octanol–water partition coefficient (Wildman–Crippen LogP) is 2.30. The van der Waals surface area contributed by atoms with Crippen molar-refractivity contribution in [2.75, 3.05) is 5.32 Å². The first-order chi connectivity index (χ1) is 6.58. The van der Waals surface area contributed by atoms with Crippen LogP contribution in [0.5, 0.6) is 5.75 Å². The van der Waals surface area contributed by atoms with Crippen molar-refractivity contribution in [1.82, 2.24) is 0 Å². The maximum Gasteiger partial charge on any atom is 0.248 e. The molecule has 0 aliphatic carbocycles. The molecule has 2 N–H and O–H groups in total. The number of rotatable bonds is 2. The summed E-state index contributed by atoms with van der Waals surface area (Å²) in [6, 6.07) is 6.44. The van der Waals surface area contributed by atoms with Crippen molar-refractivity contribution >= 4 is 11.6 Å². The Morgan fingerprint density at radius 1 is 1.43 bits per heavy atom. The van der Waals surface area contributed by atoms with Crippen molar-refractivity contribution in [3.63, 3.8) is 0 Å². The molecule has 0 heterocycles. The fourth-order valence-electron chi connectivity index (χ4n) is 1.02. The molecule has 3 heteroatoms. The number of allylic oxidation sites excluding steroid dienone is 1. The van der Waals surface area contributed by atoms with Crippen LogP contribution in [0.2, 0.25) is 0 Å². The largest absolute Gasteiger partial charge is 0.508 e. The van der Waals surface area contributed by atoms with E-state index in [1.54, 1.807) is 18.2 Å². The van der Waals surface area contributed by atoms with Crippen LogP contribution < -0.4 is 5.32 Å². The van der Waals surface area contributed by atoms with Crippen LogP contribution in [-0.2, 0) is 4.79 Å². The second-order valence-corrected chi connectivity index (χ2v) is 3.26. The van der Waals surface area contributed by atoms with Gasteiger partial charge in [0.25, 0.3) is 0 Å². The molecule has 14 heavy (non-hydrogen) atoms. The van der Waals surface area contributed by atoms with E-state index in [-0.39, 0.29) is 11.7 Å². The van der Waals surface area contributed by atoms with Crippen molar-refractivity contribution in [2.45, 2.75) is 13.8 Å². The van der Waals surface area contributed by atoms with Crippen LogP contribution in [0.25, 0.3) is 0 Å². The van der Waals surface area contributed by atoms with E-state index in [2.05, 4.69) is 5.32 Å². The zero-order valence-electron chi connectivity index (χ0n) is 8.24. The quantitative estimate of drug-likeness (QED) is 0.704. The number of amides is 1. The molecule has 0 fully saturated rings. The van der Waals surface area contributed by atoms with Crippen molar-refractivity contribution < 1.29 is 9.90 Å². The molecule has 0 bridgehead atoms. The van der Waals surface area contributed by atoms with Gasteiger partial charge in [-0.1, -0.05) is 11.6 Å². The monoisotopic (exact) mass is 191 g/mol. The molecule has 0 aliphatic rings. The third-order valence-electron chi connectivity index (χ3n) is 1.53. The van der Waals surface area contributed by atoms with Crippen LogP contribution in [0.15, 0.2) is 35.9 Å². The second kappa shape index (κ2) is 4.46. The van der Waals surface area contributed by atoms with Gasteiger partial charge in [-0.15, -0.1) is 0 Å². The van der Waals surface area contributed by atoms with E-state index in [1.165, 1.54) is 12.1 Å². The van der Waals surface area contributed by atoms with E-state index < -0.39 is 0 Å². The number of nitrogens with one attached hydrogen (secondary N) is 1. The van der Waals surface area contributed by atoms with Gasteiger partial charge >= 0.3 is 0 Å². The maximum atomic E-state index is 11.3. The highest BCUT2D eigenvalue weighted by Gasteiger charge is 1.98. The van der Waals surface area contributed by atoms with Crippen molar-refractivity contribution in [3.05, 3.63) is 35.9 Å². The highest BCUT2D eigenvalue weighted by Crippen LogP contribution is 2.15. The van der Waals surface area contributed by atoms with Crippen LogP contribution in [0.4, 0.5) is 5.69 Å². The van der Waals surface area contributed by atoms with Gasteiger partial charge in [-0.25, -0.2) is 0 Å². The van der Waals surface area contributed by atoms with E-state index in [4.69, 9.17) is 5.11 Å². The van der Waals surface area contributed by atoms with Crippen LogP contribution in [0, 0.1) is 0 Å². The van der Waals surface area contributed by atoms with Crippen molar-refractivity contribution in [2.24, 2.45) is 0 Å². The summed E-state index contributed by atoms with van der Waals surface area (Å²) < 4.78 is 0. The molecule has 0 unspecified atom stereocenters. The minimum atomic E-state index is -0.185. The molecule has 3 nitrogen and oxygen atoms in total. The minimum absolute atomic E-state index is 0.139. The Bertz CT molecular complexity index is 365. The van der Waals surface area contributed by atoms with E-state index in [0.29, 0.717) is 5.69 Å². The molecule has 1 amide bonds. The van der Waals surface area contributed by atoms with Gasteiger partial charge in [0, 0.05) is 17.8 Å². The number of hydrogen-bond acceptors (Lipinski definition) is 2. The summed E-state index contributed by atoms with van der Waals surface area (Å²) in [5.41, 5.74) is 1.52. The van der Waals surface area contributed by atoms with Gasteiger partial charge in [0.05, 0.1) is 0 Å². The molecule has 1 rings (SSSR count). The van der Waals surface area contributed by atoms with Gasteiger partial charge in [0.2, 0.25) is 5.91 Å². The Hall–Kier alpha value is -1.77. The first-order valence-corrected chi connectivity index (χ1v) is 4.33. The average Bonchev–Trinajstić information content (AvgIpc) is 2.01. The van der Waals surface area contributed by atoms with Crippen LogP contribution >= 0.6 is 0 Å². The SMILES string of the molecule is CC(C)=CC(=O)Nc1cccc(O)c1. The Morgan fingerprint density at radius 3 is 2.71 bits per heavy atom. The number of aromatic hydroxyl groups is 1. The summed E-state index contributed by atoms with van der Waals surface area (Å²) in [6.45, 7) is 3.70. The van der Waals surface area contributed by atoms with Gasteiger partial charge in [0.15, 0.2) is 0 Å². The summed E-state index contributed by atoms with van der Waals surface area (Å²) in [5, 5.41) is 11.8. The number of anilines is 1. The van der Waals surface area contributed by atoms with Gasteiger partial charge in [0.1, 0.15) is 5.75 Å². The fourth-order valence-corrected chi connectivity index (χ4v) is 1.02. The first kappa shape index (κ1) is 10.3. The first-order valence-electron chi connectivity index (χ1n) is 4.33. The fraction of sp³-hybridized carbons (Fsp3) is 0.182.